The van der Waals surface area contributed by atoms with Crippen LogP contribution in [0.2, 0.25) is 0 Å². The van der Waals surface area contributed by atoms with Crippen molar-refractivity contribution in [2.75, 3.05) is 32.3 Å². The number of ether oxygens (including phenoxy) is 4. The summed E-state index contributed by atoms with van der Waals surface area (Å²) in [5.41, 5.74) is 2.31. The van der Waals surface area contributed by atoms with Crippen molar-refractivity contribution in [3.8, 4) is 11.8 Å². The highest BCUT2D eigenvalue weighted by Gasteiger charge is 2.41. The van der Waals surface area contributed by atoms with Gasteiger partial charge in [-0.25, -0.2) is 4.79 Å². The first kappa shape index (κ1) is 26.2. The Bertz CT molecular complexity index is 1120. The zero-order valence-corrected chi connectivity index (χ0v) is 21.9. The summed E-state index contributed by atoms with van der Waals surface area (Å²) in [5.74, 6) is 5.05. The first-order valence-electron chi connectivity index (χ1n) is 12.3. The zero-order chi connectivity index (χ0) is 25.5. The summed E-state index contributed by atoms with van der Waals surface area (Å²) in [6.07, 6.45) is 4.17. The van der Waals surface area contributed by atoms with Crippen molar-refractivity contribution in [3.05, 3.63) is 51.9 Å². The molecule has 0 amide bonds. The highest BCUT2D eigenvalue weighted by atomic mass is 32.1. The first-order valence-corrected chi connectivity index (χ1v) is 13.1. The van der Waals surface area contributed by atoms with E-state index < -0.39 is 11.8 Å². The van der Waals surface area contributed by atoms with Crippen LogP contribution in [0.25, 0.3) is 0 Å². The monoisotopic (exact) mass is 511 g/mol. The van der Waals surface area contributed by atoms with Gasteiger partial charge in [-0.05, 0) is 30.9 Å². The number of hydrogen-bond donors (Lipinski definition) is 0. The van der Waals surface area contributed by atoms with E-state index in [1.54, 1.807) is 0 Å². The standard InChI is InChI=1S/C28H33NO6S/c1-20-25(27(31)32-3)23(11-7-8-12-24(30)33-19-21-9-5-4-6-10-21)36-26(20)29(2)22-13-15-28(16-14-22)34-17-18-35-28/h4-6,9-10,22H,8,12-19H2,1-3H3. The Morgan fingerprint density at radius 3 is 2.53 bits per heavy atom. The van der Waals surface area contributed by atoms with Crippen LogP contribution in [0.4, 0.5) is 5.00 Å². The Hall–Kier alpha value is -2.86. The van der Waals surface area contributed by atoms with Crippen molar-refractivity contribution in [1.29, 1.82) is 0 Å². The highest BCUT2D eigenvalue weighted by molar-refractivity contribution is 7.17. The van der Waals surface area contributed by atoms with Crippen LogP contribution in [0.5, 0.6) is 0 Å². The van der Waals surface area contributed by atoms with Gasteiger partial charge in [-0.15, -0.1) is 11.3 Å². The lowest BCUT2D eigenvalue weighted by molar-refractivity contribution is -0.178. The van der Waals surface area contributed by atoms with Crippen LogP contribution in [-0.4, -0.2) is 51.1 Å². The number of esters is 2. The van der Waals surface area contributed by atoms with Gasteiger partial charge in [0, 0.05) is 32.4 Å². The molecule has 0 atom stereocenters. The molecule has 1 aliphatic carbocycles. The smallest absolute Gasteiger partial charge is 0.340 e. The zero-order valence-electron chi connectivity index (χ0n) is 21.1. The summed E-state index contributed by atoms with van der Waals surface area (Å²) in [5, 5.41) is 1.01. The van der Waals surface area contributed by atoms with Gasteiger partial charge < -0.3 is 23.8 Å². The van der Waals surface area contributed by atoms with Crippen molar-refractivity contribution >= 4 is 28.3 Å². The van der Waals surface area contributed by atoms with Crippen LogP contribution in [0.3, 0.4) is 0 Å². The number of hydrogen-bond acceptors (Lipinski definition) is 8. The fraction of sp³-hybridized carbons (Fsp3) is 0.500. The number of methoxy groups -OCH3 is 1. The van der Waals surface area contributed by atoms with E-state index in [1.807, 2.05) is 37.3 Å². The number of rotatable bonds is 7. The van der Waals surface area contributed by atoms with E-state index in [4.69, 9.17) is 18.9 Å². The summed E-state index contributed by atoms with van der Waals surface area (Å²) >= 11 is 1.49. The molecule has 1 aromatic carbocycles. The van der Waals surface area contributed by atoms with E-state index in [1.165, 1.54) is 18.4 Å². The fourth-order valence-electron chi connectivity index (χ4n) is 4.77. The normalized spacial score (nSPS) is 16.9. The van der Waals surface area contributed by atoms with Gasteiger partial charge >= 0.3 is 11.9 Å². The van der Waals surface area contributed by atoms with Crippen molar-refractivity contribution in [2.24, 2.45) is 0 Å². The number of carbonyl (C=O) groups is 2. The maximum Gasteiger partial charge on any atom is 0.340 e. The van der Waals surface area contributed by atoms with Gasteiger partial charge in [-0.2, -0.15) is 0 Å². The molecule has 1 saturated heterocycles. The van der Waals surface area contributed by atoms with E-state index in [0.29, 0.717) is 36.1 Å². The topological polar surface area (TPSA) is 74.3 Å². The molecule has 1 aromatic heterocycles. The Labute approximate surface area is 216 Å². The summed E-state index contributed by atoms with van der Waals surface area (Å²) in [6, 6.07) is 9.89. The van der Waals surface area contributed by atoms with Gasteiger partial charge in [0.05, 0.1) is 42.2 Å². The first-order chi connectivity index (χ1) is 17.4. The molecule has 1 saturated carbocycles. The molecular weight excluding hydrogens is 478 g/mol. The van der Waals surface area contributed by atoms with Crippen molar-refractivity contribution in [3.63, 3.8) is 0 Å². The molecule has 7 nitrogen and oxygen atoms in total. The van der Waals surface area contributed by atoms with E-state index in [2.05, 4.69) is 23.8 Å². The SMILES string of the molecule is COC(=O)c1c(C#CCCC(=O)OCc2ccccc2)sc(N(C)C2CCC3(CC2)OCCO3)c1C. The summed E-state index contributed by atoms with van der Waals surface area (Å²) in [6.45, 7) is 3.52. The maximum absolute atomic E-state index is 12.6. The summed E-state index contributed by atoms with van der Waals surface area (Å²) in [7, 11) is 3.45. The van der Waals surface area contributed by atoms with Crippen molar-refractivity contribution in [2.45, 2.75) is 63.9 Å². The van der Waals surface area contributed by atoms with Gasteiger partial charge in [0.25, 0.3) is 0 Å². The van der Waals surface area contributed by atoms with Gasteiger partial charge in [-0.1, -0.05) is 42.2 Å². The molecule has 0 bridgehead atoms. The molecule has 4 rings (SSSR count). The molecule has 0 N–H and O–H groups in total. The van der Waals surface area contributed by atoms with E-state index in [-0.39, 0.29) is 19.0 Å². The van der Waals surface area contributed by atoms with Crippen LogP contribution in [0.15, 0.2) is 30.3 Å². The minimum atomic E-state index is -0.405. The lowest BCUT2D eigenvalue weighted by Gasteiger charge is -2.39. The second-order valence-electron chi connectivity index (χ2n) is 9.13. The minimum Gasteiger partial charge on any atom is -0.465 e. The molecular formula is C28H33NO6S. The van der Waals surface area contributed by atoms with Crippen molar-refractivity contribution < 1.29 is 28.5 Å². The Morgan fingerprint density at radius 2 is 1.86 bits per heavy atom. The van der Waals surface area contributed by atoms with Crippen LogP contribution in [0, 0.1) is 18.8 Å². The summed E-state index contributed by atoms with van der Waals surface area (Å²) in [4.78, 5) is 27.6. The van der Waals surface area contributed by atoms with E-state index in [9.17, 15) is 9.59 Å². The average Bonchev–Trinajstić information content (AvgIpc) is 3.49. The van der Waals surface area contributed by atoms with Gasteiger partial charge in [0.15, 0.2) is 5.79 Å². The highest BCUT2D eigenvalue weighted by Crippen LogP contribution is 2.41. The number of anilines is 1. The molecule has 1 spiro atoms. The fourth-order valence-corrected chi connectivity index (χ4v) is 5.98. The lowest BCUT2D eigenvalue weighted by atomic mass is 9.89. The van der Waals surface area contributed by atoms with Crippen LogP contribution >= 0.6 is 11.3 Å². The van der Waals surface area contributed by atoms with E-state index in [0.717, 1.165) is 41.8 Å². The molecule has 2 heterocycles. The molecule has 2 aromatic rings. The maximum atomic E-state index is 12.6. The largest absolute Gasteiger partial charge is 0.465 e. The van der Waals surface area contributed by atoms with Crippen LogP contribution < -0.4 is 4.90 Å². The molecule has 1 aliphatic heterocycles. The number of thiophene rings is 1. The average molecular weight is 512 g/mol. The Balaban J connectivity index is 1.39. The van der Waals surface area contributed by atoms with Gasteiger partial charge in [0.2, 0.25) is 0 Å². The molecule has 0 unspecified atom stereocenters. The third kappa shape index (κ3) is 6.09. The van der Waals surface area contributed by atoms with Crippen LogP contribution in [-0.2, 0) is 30.3 Å². The quantitative estimate of drug-likeness (QED) is 0.389. The number of benzene rings is 1. The van der Waals surface area contributed by atoms with Gasteiger partial charge in [0.1, 0.15) is 6.61 Å². The third-order valence-electron chi connectivity index (χ3n) is 6.81. The number of carbonyl (C=O) groups excluding carboxylic acids is 2. The Morgan fingerprint density at radius 1 is 1.17 bits per heavy atom. The van der Waals surface area contributed by atoms with Crippen molar-refractivity contribution in [1.82, 2.24) is 0 Å². The Kier molecular flexibility index (Phi) is 8.68. The second kappa shape index (κ2) is 11.9. The second-order valence-corrected chi connectivity index (χ2v) is 10.1. The summed E-state index contributed by atoms with van der Waals surface area (Å²) < 4.78 is 22.1. The minimum absolute atomic E-state index is 0.193. The molecule has 0 radical (unpaired) electrons. The predicted molar refractivity (Wildman–Crippen MR) is 138 cm³/mol. The molecule has 36 heavy (non-hydrogen) atoms. The van der Waals surface area contributed by atoms with Crippen LogP contribution in [0.1, 0.15) is 64.9 Å². The molecule has 192 valence electrons. The molecule has 8 heteroatoms. The number of nitrogens with zero attached hydrogens (tertiary/aromatic N) is 1. The molecule has 2 fully saturated rings. The molecule has 2 aliphatic rings. The lowest BCUT2D eigenvalue weighted by Crippen LogP contribution is -2.42. The predicted octanol–water partition coefficient (Wildman–Crippen LogP) is 4.84. The van der Waals surface area contributed by atoms with Gasteiger partial charge in [-0.3, -0.25) is 4.79 Å². The third-order valence-corrected chi connectivity index (χ3v) is 8.11. The van der Waals surface area contributed by atoms with E-state index >= 15 is 0 Å².